The fraction of sp³-hybridized carbons (Fsp3) is 0.654. The number of aliphatic hydroxyl groups is 2. The Morgan fingerprint density at radius 3 is 2.76 bits per heavy atom. The van der Waals surface area contributed by atoms with Gasteiger partial charge in [0.25, 0.3) is 0 Å². The smallest absolute Gasteiger partial charge is 0.306 e. The normalized spacial score (nSPS) is 28.5. The lowest BCUT2D eigenvalue weighted by Crippen LogP contribution is -2.22. The molecule has 7 heteroatoms. The van der Waals surface area contributed by atoms with Crippen LogP contribution in [0, 0.1) is 17.8 Å². The molecule has 2 fully saturated rings. The van der Waals surface area contributed by atoms with Gasteiger partial charge in [0.15, 0.2) is 0 Å². The van der Waals surface area contributed by atoms with Crippen LogP contribution in [0.5, 0.6) is 5.75 Å². The summed E-state index contributed by atoms with van der Waals surface area (Å²) in [5, 5.41) is 21.5. The van der Waals surface area contributed by atoms with Crippen LogP contribution < -0.4 is 4.74 Å². The molecule has 0 unspecified atom stereocenters. The van der Waals surface area contributed by atoms with Crippen molar-refractivity contribution in [3.05, 3.63) is 41.4 Å². The van der Waals surface area contributed by atoms with E-state index in [4.69, 9.17) is 25.8 Å². The molecule has 6 nitrogen and oxygen atoms in total. The van der Waals surface area contributed by atoms with E-state index in [2.05, 4.69) is 0 Å². The molecule has 0 amide bonds. The van der Waals surface area contributed by atoms with Crippen molar-refractivity contribution in [2.24, 2.45) is 17.8 Å². The minimum absolute atomic E-state index is 0.0352. The third kappa shape index (κ3) is 8.29. The Kier molecular flexibility index (Phi) is 10.0. The molecule has 1 aromatic carbocycles. The zero-order valence-corrected chi connectivity index (χ0v) is 20.3. The first-order valence-corrected chi connectivity index (χ1v) is 12.4. The van der Waals surface area contributed by atoms with Crippen molar-refractivity contribution in [2.75, 3.05) is 13.2 Å². The van der Waals surface area contributed by atoms with Crippen molar-refractivity contribution in [1.29, 1.82) is 0 Å². The number of hydrogen-bond donors (Lipinski definition) is 2. The van der Waals surface area contributed by atoms with E-state index in [1.54, 1.807) is 30.3 Å². The lowest BCUT2D eigenvalue weighted by Gasteiger charge is -2.21. The molecule has 0 spiro atoms. The fourth-order valence-electron chi connectivity index (χ4n) is 4.82. The molecule has 1 saturated carbocycles. The number of halogens is 1. The second-order valence-electron chi connectivity index (χ2n) is 9.51. The summed E-state index contributed by atoms with van der Waals surface area (Å²) in [5.74, 6) is 1.12. The maximum Gasteiger partial charge on any atom is 0.306 e. The third-order valence-corrected chi connectivity index (χ3v) is 6.75. The van der Waals surface area contributed by atoms with Gasteiger partial charge in [-0.05, 0) is 75.6 Å². The van der Waals surface area contributed by atoms with Crippen molar-refractivity contribution < 1.29 is 29.2 Å². The molecule has 1 aliphatic carbocycles. The quantitative estimate of drug-likeness (QED) is 0.377. The molecule has 1 saturated heterocycles. The molecule has 3 rings (SSSR count). The number of hydrogen-bond acceptors (Lipinski definition) is 6. The van der Waals surface area contributed by atoms with Crippen LogP contribution in [0.4, 0.5) is 0 Å². The monoisotopic (exact) mass is 480 g/mol. The first kappa shape index (κ1) is 26.0. The summed E-state index contributed by atoms with van der Waals surface area (Å²) in [7, 11) is 0. The van der Waals surface area contributed by atoms with Crippen LogP contribution in [0.2, 0.25) is 5.02 Å². The van der Waals surface area contributed by atoms with Gasteiger partial charge in [-0.1, -0.05) is 23.8 Å². The van der Waals surface area contributed by atoms with Gasteiger partial charge in [0, 0.05) is 30.4 Å². The predicted molar refractivity (Wildman–Crippen MR) is 127 cm³/mol. The summed E-state index contributed by atoms with van der Waals surface area (Å²) in [5.41, 5.74) is 0. The number of fused-ring (bicyclic) bond motifs is 1. The summed E-state index contributed by atoms with van der Waals surface area (Å²) in [6.45, 7) is 4.52. The molecule has 0 radical (unpaired) electrons. The third-order valence-electron chi connectivity index (χ3n) is 6.49. The van der Waals surface area contributed by atoms with Crippen molar-refractivity contribution in [2.45, 2.75) is 76.8 Å². The lowest BCUT2D eigenvalue weighted by atomic mass is 9.86. The van der Waals surface area contributed by atoms with Crippen LogP contribution in [-0.4, -0.2) is 53.8 Å². The SMILES string of the molecule is CC(C)OC(=O)CCC[C@H]1CC[C@@H]2[C@@H](/C=C/[C@@H](O)COc3ccc(Cl)cc3)[C@H](O)C[C@@H]2OC1. The molecule has 6 atom stereocenters. The van der Waals surface area contributed by atoms with Gasteiger partial charge in [-0.25, -0.2) is 0 Å². The van der Waals surface area contributed by atoms with E-state index in [0.29, 0.717) is 36.1 Å². The fourth-order valence-corrected chi connectivity index (χ4v) is 4.95. The summed E-state index contributed by atoms with van der Waals surface area (Å²) in [6, 6.07) is 7.00. The summed E-state index contributed by atoms with van der Waals surface area (Å²) < 4.78 is 17.0. The van der Waals surface area contributed by atoms with Gasteiger partial charge in [0.05, 0.1) is 18.3 Å². The van der Waals surface area contributed by atoms with Crippen molar-refractivity contribution >= 4 is 17.6 Å². The minimum atomic E-state index is -0.767. The molecule has 2 N–H and O–H groups in total. The van der Waals surface area contributed by atoms with Crippen LogP contribution in [0.3, 0.4) is 0 Å². The van der Waals surface area contributed by atoms with Crippen LogP contribution >= 0.6 is 11.6 Å². The van der Waals surface area contributed by atoms with E-state index in [1.807, 2.05) is 19.9 Å². The highest BCUT2D eigenvalue weighted by Gasteiger charge is 2.43. The van der Waals surface area contributed by atoms with E-state index in [1.165, 1.54) is 0 Å². The standard InChI is InChI=1S/C26H37ClO6/c1-17(2)33-26(30)5-3-4-18-6-12-23-22(24(29)14-25(23)32-15-18)13-9-20(28)16-31-21-10-7-19(27)8-11-21/h7-11,13,17-18,20,22-25,28-29H,3-6,12,14-16H2,1-2H3/b13-9+/t18-,20+,22+,23+,24+,25-/m0/s1. The summed E-state index contributed by atoms with van der Waals surface area (Å²) in [4.78, 5) is 11.7. The number of carbonyl (C=O) groups excluding carboxylic acids is 1. The van der Waals surface area contributed by atoms with Gasteiger partial charge in [-0.2, -0.15) is 0 Å². The maximum atomic E-state index is 11.7. The largest absolute Gasteiger partial charge is 0.491 e. The molecule has 1 heterocycles. The van der Waals surface area contributed by atoms with E-state index in [-0.39, 0.29) is 36.6 Å². The van der Waals surface area contributed by atoms with Gasteiger partial charge in [-0.3, -0.25) is 4.79 Å². The van der Waals surface area contributed by atoms with Crippen molar-refractivity contribution in [3.63, 3.8) is 0 Å². The zero-order chi connectivity index (χ0) is 23.8. The second kappa shape index (κ2) is 12.7. The minimum Gasteiger partial charge on any atom is -0.491 e. The number of rotatable bonds is 10. The first-order chi connectivity index (χ1) is 15.8. The van der Waals surface area contributed by atoms with Gasteiger partial charge < -0.3 is 24.4 Å². The molecule has 0 aromatic heterocycles. The van der Waals surface area contributed by atoms with Crippen LogP contribution in [0.15, 0.2) is 36.4 Å². The topological polar surface area (TPSA) is 85.2 Å². The molecular weight excluding hydrogens is 444 g/mol. The summed E-state index contributed by atoms with van der Waals surface area (Å²) in [6.07, 6.45) is 7.16. The Morgan fingerprint density at radius 1 is 1.27 bits per heavy atom. The second-order valence-corrected chi connectivity index (χ2v) is 9.94. The number of carbonyl (C=O) groups is 1. The molecule has 2 aliphatic rings. The van der Waals surface area contributed by atoms with E-state index < -0.39 is 12.2 Å². The van der Waals surface area contributed by atoms with E-state index in [0.717, 1.165) is 25.7 Å². The average Bonchev–Trinajstić information content (AvgIpc) is 2.93. The van der Waals surface area contributed by atoms with Gasteiger partial charge in [0.1, 0.15) is 18.5 Å². The number of aliphatic hydroxyl groups excluding tert-OH is 2. The maximum absolute atomic E-state index is 11.7. The van der Waals surface area contributed by atoms with Gasteiger partial charge in [-0.15, -0.1) is 0 Å². The first-order valence-electron chi connectivity index (χ1n) is 12.1. The number of benzene rings is 1. The van der Waals surface area contributed by atoms with Crippen LogP contribution in [0.25, 0.3) is 0 Å². The number of ether oxygens (including phenoxy) is 3. The van der Waals surface area contributed by atoms with Gasteiger partial charge in [0.2, 0.25) is 0 Å². The molecule has 184 valence electrons. The molecular formula is C26H37ClO6. The number of esters is 1. The summed E-state index contributed by atoms with van der Waals surface area (Å²) >= 11 is 5.87. The van der Waals surface area contributed by atoms with E-state index >= 15 is 0 Å². The highest BCUT2D eigenvalue weighted by molar-refractivity contribution is 6.30. The van der Waals surface area contributed by atoms with E-state index in [9.17, 15) is 15.0 Å². The average molecular weight is 481 g/mol. The molecule has 1 aliphatic heterocycles. The van der Waals surface area contributed by atoms with Gasteiger partial charge >= 0.3 is 5.97 Å². The Morgan fingerprint density at radius 2 is 2.03 bits per heavy atom. The Bertz CT molecular complexity index is 765. The Hall–Kier alpha value is -1.60. The van der Waals surface area contributed by atoms with Crippen LogP contribution in [0.1, 0.15) is 52.4 Å². The predicted octanol–water partition coefficient (Wildman–Crippen LogP) is 4.55. The molecule has 33 heavy (non-hydrogen) atoms. The highest BCUT2D eigenvalue weighted by Crippen LogP contribution is 2.42. The van der Waals surface area contributed by atoms with Crippen molar-refractivity contribution in [3.8, 4) is 5.75 Å². The molecule has 0 bridgehead atoms. The highest BCUT2D eigenvalue weighted by atomic mass is 35.5. The Balaban J connectivity index is 1.44. The van der Waals surface area contributed by atoms with Crippen molar-refractivity contribution in [1.82, 2.24) is 0 Å². The lowest BCUT2D eigenvalue weighted by molar-refractivity contribution is -0.147. The molecule has 1 aromatic rings. The Labute approximate surface area is 201 Å². The zero-order valence-electron chi connectivity index (χ0n) is 19.6. The van der Waals surface area contributed by atoms with Crippen LogP contribution in [-0.2, 0) is 14.3 Å².